The number of nitrogens with one attached hydrogen (secondary N) is 1. The third-order valence-corrected chi connectivity index (χ3v) is 6.19. The van der Waals surface area contributed by atoms with Crippen molar-refractivity contribution < 1.29 is 4.79 Å². The van der Waals surface area contributed by atoms with Crippen molar-refractivity contribution >= 4 is 44.7 Å². The molecular formula is C18H17ClN4O2S. The highest BCUT2D eigenvalue weighted by Crippen LogP contribution is 2.33. The van der Waals surface area contributed by atoms with Crippen molar-refractivity contribution in [3.05, 3.63) is 50.1 Å². The highest BCUT2D eigenvalue weighted by atomic mass is 35.5. The molecule has 8 heteroatoms. The Balaban J connectivity index is 1.70. The van der Waals surface area contributed by atoms with Gasteiger partial charge in [-0.3, -0.25) is 9.59 Å². The van der Waals surface area contributed by atoms with Crippen LogP contribution in [0.2, 0.25) is 5.02 Å². The standard InChI is InChI=1S/C18H17ClN4O2S/c1-10(16(24)20-13-8-4-3-7-12(13)19)23-18(25)15-11-6-2-5-9-14(11)26-17(15)21-22-23/h3-4,7-8,10H,2,5-6,9H2,1H3,(H,20,24)/t10-/m0/s1. The summed E-state index contributed by atoms with van der Waals surface area (Å²) in [5.41, 5.74) is 1.33. The predicted octanol–water partition coefficient (Wildman–Crippen LogP) is 3.58. The smallest absolute Gasteiger partial charge is 0.279 e. The van der Waals surface area contributed by atoms with Gasteiger partial charge in [0.2, 0.25) is 5.91 Å². The number of aryl methyl sites for hydroxylation is 2. The van der Waals surface area contributed by atoms with E-state index in [0.29, 0.717) is 20.9 Å². The highest BCUT2D eigenvalue weighted by Gasteiger charge is 2.24. The molecule has 1 aliphatic rings. The minimum absolute atomic E-state index is 0.254. The van der Waals surface area contributed by atoms with Crippen LogP contribution in [0.1, 0.15) is 36.2 Å². The van der Waals surface area contributed by atoms with Crippen molar-refractivity contribution in [2.45, 2.75) is 38.6 Å². The van der Waals surface area contributed by atoms with Gasteiger partial charge in [-0.05, 0) is 50.3 Å². The Bertz CT molecular complexity index is 1060. The fraction of sp³-hybridized carbons (Fsp3) is 0.333. The Hall–Kier alpha value is -2.25. The lowest BCUT2D eigenvalue weighted by Gasteiger charge is -2.14. The zero-order chi connectivity index (χ0) is 18.3. The van der Waals surface area contributed by atoms with E-state index in [4.69, 9.17) is 11.6 Å². The molecule has 2 heterocycles. The van der Waals surface area contributed by atoms with E-state index in [0.717, 1.165) is 35.9 Å². The molecule has 0 bridgehead atoms. The molecule has 0 saturated heterocycles. The number of para-hydroxylation sites is 1. The third kappa shape index (κ3) is 2.91. The number of aromatic nitrogens is 3. The van der Waals surface area contributed by atoms with E-state index in [1.165, 1.54) is 4.88 Å². The number of hydrogen-bond donors (Lipinski definition) is 1. The summed E-state index contributed by atoms with van der Waals surface area (Å²) in [6.45, 7) is 1.63. The Morgan fingerprint density at radius 2 is 2.08 bits per heavy atom. The average Bonchev–Trinajstić information content (AvgIpc) is 3.02. The van der Waals surface area contributed by atoms with Crippen LogP contribution >= 0.6 is 22.9 Å². The summed E-state index contributed by atoms with van der Waals surface area (Å²) in [7, 11) is 0. The van der Waals surface area contributed by atoms with E-state index in [-0.39, 0.29) is 11.5 Å². The van der Waals surface area contributed by atoms with Gasteiger partial charge >= 0.3 is 0 Å². The van der Waals surface area contributed by atoms with Gasteiger partial charge in [0.15, 0.2) is 4.83 Å². The maximum absolute atomic E-state index is 13.0. The second-order valence-electron chi connectivity index (χ2n) is 6.38. The first-order valence-electron chi connectivity index (χ1n) is 8.51. The number of halogens is 1. The zero-order valence-electron chi connectivity index (χ0n) is 14.2. The Morgan fingerprint density at radius 1 is 1.31 bits per heavy atom. The molecule has 1 aromatic carbocycles. The molecule has 1 atom stereocenters. The van der Waals surface area contributed by atoms with E-state index in [1.54, 1.807) is 42.5 Å². The van der Waals surface area contributed by atoms with Crippen molar-refractivity contribution in [2.75, 3.05) is 5.32 Å². The number of nitrogens with zero attached hydrogens (tertiary/aromatic N) is 3. The van der Waals surface area contributed by atoms with Gasteiger partial charge in [0, 0.05) is 4.88 Å². The minimum Gasteiger partial charge on any atom is -0.323 e. The molecule has 26 heavy (non-hydrogen) atoms. The number of benzene rings is 1. The number of anilines is 1. The number of fused-ring (bicyclic) bond motifs is 3. The second-order valence-corrected chi connectivity index (χ2v) is 7.87. The summed E-state index contributed by atoms with van der Waals surface area (Å²) in [6, 6.07) is 6.17. The van der Waals surface area contributed by atoms with E-state index in [1.807, 2.05) is 0 Å². The van der Waals surface area contributed by atoms with Crippen LogP contribution in [-0.2, 0) is 17.6 Å². The molecule has 134 valence electrons. The zero-order valence-corrected chi connectivity index (χ0v) is 15.7. The molecule has 0 fully saturated rings. The Labute approximate surface area is 158 Å². The molecule has 0 aliphatic heterocycles. The fourth-order valence-electron chi connectivity index (χ4n) is 3.25. The summed E-state index contributed by atoms with van der Waals surface area (Å²) in [4.78, 5) is 27.5. The number of amides is 1. The fourth-order valence-corrected chi connectivity index (χ4v) is 4.63. The second kappa shape index (κ2) is 6.81. The van der Waals surface area contributed by atoms with Crippen molar-refractivity contribution in [3.8, 4) is 0 Å². The lowest BCUT2D eigenvalue weighted by molar-refractivity contribution is -0.119. The van der Waals surface area contributed by atoms with Crippen LogP contribution in [0.5, 0.6) is 0 Å². The first-order valence-corrected chi connectivity index (χ1v) is 9.71. The summed E-state index contributed by atoms with van der Waals surface area (Å²) in [5.74, 6) is -0.363. The summed E-state index contributed by atoms with van der Waals surface area (Å²) >= 11 is 7.63. The normalized spacial score (nSPS) is 14.8. The quantitative estimate of drug-likeness (QED) is 0.743. The van der Waals surface area contributed by atoms with Gasteiger partial charge in [-0.2, -0.15) is 4.68 Å². The third-order valence-electron chi connectivity index (χ3n) is 4.68. The van der Waals surface area contributed by atoms with E-state index < -0.39 is 6.04 Å². The Morgan fingerprint density at radius 3 is 2.88 bits per heavy atom. The maximum Gasteiger partial charge on any atom is 0.279 e. The summed E-state index contributed by atoms with van der Waals surface area (Å²) in [5, 5.41) is 12.0. The molecule has 1 N–H and O–H groups in total. The first kappa shape index (κ1) is 17.2. The van der Waals surface area contributed by atoms with Crippen LogP contribution in [0, 0.1) is 0 Å². The molecule has 3 aromatic rings. The minimum atomic E-state index is -0.796. The molecule has 0 saturated carbocycles. The summed E-state index contributed by atoms with van der Waals surface area (Å²) < 4.78 is 1.16. The molecular weight excluding hydrogens is 372 g/mol. The molecule has 0 spiro atoms. The van der Waals surface area contributed by atoms with E-state index >= 15 is 0 Å². The predicted molar refractivity (Wildman–Crippen MR) is 103 cm³/mol. The molecule has 4 rings (SSSR count). The van der Waals surface area contributed by atoms with Crippen molar-refractivity contribution in [3.63, 3.8) is 0 Å². The molecule has 2 aromatic heterocycles. The number of carbonyl (C=O) groups excluding carboxylic acids is 1. The van der Waals surface area contributed by atoms with Gasteiger partial charge in [0.1, 0.15) is 6.04 Å². The molecule has 6 nitrogen and oxygen atoms in total. The van der Waals surface area contributed by atoms with Crippen LogP contribution in [0.25, 0.3) is 10.2 Å². The van der Waals surface area contributed by atoms with Gasteiger partial charge in [0.25, 0.3) is 5.56 Å². The lowest BCUT2D eigenvalue weighted by atomic mass is 9.97. The van der Waals surface area contributed by atoms with Gasteiger partial charge in [0.05, 0.1) is 16.1 Å². The number of hydrogen-bond acceptors (Lipinski definition) is 5. The van der Waals surface area contributed by atoms with Crippen molar-refractivity contribution in [1.29, 1.82) is 0 Å². The van der Waals surface area contributed by atoms with Gasteiger partial charge in [-0.25, -0.2) is 0 Å². The largest absolute Gasteiger partial charge is 0.323 e. The van der Waals surface area contributed by atoms with E-state index in [2.05, 4.69) is 15.6 Å². The molecule has 1 aliphatic carbocycles. The van der Waals surface area contributed by atoms with Crippen molar-refractivity contribution in [2.24, 2.45) is 0 Å². The average molecular weight is 389 g/mol. The van der Waals surface area contributed by atoms with Gasteiger partial charge in [-0.15, -0.1) is 16.4 Å². The van der Waals surface area contributed by atoms with Crippen molar-refractivity contribution in [1.82, 2.24) is 15.0 Å². The first-order chi connectivity index (χ1) is 12.6. The SMILES string of the molecule is C[C@@H](C(=O)Nc1ccccc1Cl)n1nnc2sc3c(c2c1=O)CCCC3. The van der Waals surface area contributed by atoms with Crippen LogP contribution < -0.4 is 10.9 Å². The lowest BCUT2D eigenvalue weighted by Crippen LogP contribution is -2.34. The van der Waals surface area contributed by atoms with E-state index in [9.17, 15) is 9.59 Å². The molecule has 0 unspecified atom stereocenters. The van der Waals surface area contributed by atoms with Gasteiger partial charge < -0.3 is 5.32 Å². The number of rotatable bonds is 3. The monoisotopic (exact) mass is 388 g/mol. The maximum atomic E-state index is 13.0. The van der Waals surface area contributed by atoms with Crippen LogP contribution in [0.15, 0.2) is 29.1 Å². The summed E-state index contributed by atoms with van der Waals surface area (Å²) in [6.07, 6.45) is 4.08. The van der Waals surface area contributed by atoms with Gasteiger partial charge in [-0.1, -0.05) is 28.9 Å². The molecule has 1 amide bonds. The molecule has 0 radical (unpaired) electrons. The topological polar surface area (TPSA) is 76.9 Å². The number of thiophene rings is 1. The Kier molecular flexibility index (Phi) is 4.50. The van der Waals surface area contributed by atoms with Crippen LogP contribution in [0.4, 0.5) is 5.69 Å². The highest BCUT2D eigenvalue weighted by molar-refractivity contribution is 7.18. The number of carbonyl (C=O) groups is 1. The van der Waals surface area contributed by atoms with Crippen LogP contribution in [-0.4, -0.2) is 20.9 Å². The van der Waals surface area contributed by atoms with Crippen LogP contribution in [0.3, 0.4) is 0 Å².